The Morgan fingerprint density at radius 1 is 1.05 bits per heavy atom. The molecule has 2 aromatic carbocycles. The largest absolute Gasteiger partial charge is 0.497 e. The van der Waals surface area contributed by atoms with Gasteiger partial charge in [-0.3, -0.25) is 14.6 Å². The predicted octanol–water partition coefficient (Wildman–Crippen LogP) is 2.97. The normalized spacial score (nSPS) is 18.5. The Hall–Kier alpha value is -3.85. The summed E-state index contributed by atoms with van der Waals surface area (Å²) in [6.45, 7) is 6.66. The number of ether oxygens (including phenoxy) is 2. The number of carbonyl (C=O) groups is 3. The lowest BCUT2D eigenvalue weighted by atomic mass is 9.93. The molecule has 4 rings (SSSR count). The van der Waals surface area contributed by atoms with Crippen molar-refractivity contribution >= 4 is 17.9 Å². The molecule has 2 aromatic rings. The molecule has 2 heterocycles. The van der Waals surface area contributed by atoms with Crippen molar-refractivity contribution in [1.29, 1.82) is 0 Å². The highest BCUT2D eigenvalue weighted by atomic mass is 16.5. The molecule has 1 atom stereocenters. The van der Waals surface area contributed by atoms with Crippen LogP contribution >= 0.6 is 0 Å². The quantitative estimate of drug-likeness (QED) is 0.581. The minimum Gasteiger partial charge on any atom is -0.497 e. The molecule has 9 nitrogen and oxygen atoms in total. The van der Waals surface area contributed by atoms with E-state index in [2.05, 4.69) is 10.2 Å². The number of benzene rings is 2. The number of urea groups is 1. The number of likely N-dealkylation sites (N-methyl/N-ethyl adjacent to an activating group) is 1. The van der Waals surface area contributed by atoms with E-state index in [-0.39, 0.29) is 18.5 Å². The summed E-state index contributed by atoms with van der Waals surface area (Å²) < 4.78 is 10.7. The first-order valence-corrected chi connectivity index (χ1v) is 12.5. The summed E-state index contributed by atoms with van der Waals surface area (Å²) in [5, 5.41) is 2.96. The summed E-state index contributed by atoms with van der Waals surface area (Å²) in [6, 6.07) is 14.0. The number of methoxy groups -OCH3 is 1. The van der Waals surface area contributed by atoms with E-state index in [1.54, 1.807) is 39.3 Å². The number of esters is 1. The molecular formula is C28H34N4O5. The molecule has 196 valence electrons. The third-order valence-corrected chi connectivity index (χ3v) is 6.80. The summed E-state index contributed by atoms with van der Waals surface area (Å²) in [4.78, 5) is 44.6. The number of piperazine rings is 1. The molecule has 0 bridgehead atoms. The van der Waals surface area contributed by atoms with Crippen molar-refractivity contribution in [2.45, 2.75) is 19.9 Å². The first kappa shape index (κ1) is 26.2. The molecule has 1 fully saturated rings. The Kier molecular flexibility index (Phi) is 8.13. The zero-order valence-electron chi connectivity index (χ0n) is 21.8. The van der Waals surface area contributed by atoms with E-state index in [4.69, 9.17) is 9.47 Å². The van der Waals surface area contributed by atoms with Crippen LogP contribution in [0.25, 0.3) is 0 Å². The van der Waals surface area contributed by atoms with E-state index in [0.717, 1.165) is 11.1 Å². The highest BCUT2D eigenvalue weighted by Gasteiger charge is 2.37. The summed E-state index contributed by atoms with van der Waals surface area (Å²) in [5.74, 6) is 0.158. The first-order chi connectivity index (χ1) is 17.8. The minimum atomic E-state index is -0.603. The number of hydrogen-bond acceptors (Lipinski definition) is 6. The molecule has 0 spiro atoms. The monoisotopic (exact) mass is 506 g/mol. The standard InChI is InChI=1S/C28H34N4O5/c1-5-37-27(34)24-23(30(3)28(35)29-25(24)20-9-6-8-19(2)16-20)18-31-12-14-32(15-13-31)26(33)21-10-7-11-22(17-21)36-4/h6-11,16-17,25H,5,12-15,18H2,1-4H3,(H,29,35)/t25-/m1/s1. The summed E-state index contributed by atoms with van der Waals surface area (Å²) in [6.07, 6.45) is 0. The molecule has 0 radical (unpaired) electrons. The fourth-order valence-corrected chi connectivity index (χ4v) is 4.76. The average molecular weight is 507 g/mol. The number of carbonyl (C=O) groups excluding carboxylic acids is 3. The molecule has 0 saturated carbocycles. The van der Waals surface area contributed by atoms with Crippen LogP contribution in [0, 0.1) is 6.92 Å². The Bertz CT molecular complexity index is 1200. The fourth-order valence-electron chi connectivity index (χ4n) is 4.76. The maximum atomic E-state index is 13.2. The third-order valence-electron chi connectivity index (χ3n) is 6.80. The first-order valence-electron chi connectivity index (χ1n) is 12.5. The topological polar surface area (TPSA) is 91.4 Å². The van der Waals surface area contributed by atoms with Gasteiger partial charge in [-0.15, -0.1) is 0 Å². The van der Waals surface area contributed by atoms with Crippen LogP contribution in [0.2, 0.25) is 0 Å². The van der Waals surface area contributed by atoms with Crippen molar-refractivity contribution in [3.63, 3.8) is 0 Å². The number of nitrogens with one attached hydrogen (secondary N) is 1. The molecule has 1 N–H and O–H groups in total. The number of hydrogen-bond donors (Lipinski definition) is 1. The second-order valence-electron chi connectivity index (χ2n) is 9.24. The molecule has 0 unspecified atom stereocenters. The molecule has 37 heavy (non-hydrogen) atoms. The molecular weight excluding hydrogens is 472 g/mol. The average Bonchev–Trinajstić information content (AvgIpc) is 2.91. The molecule has 2 aliphatic heterocycles. The van der Waals surface area contributed by atoms with Crippen LogP contribution in [-0.4, -0.2) is 86.1 Å². The lowest BCUT2D eigenvalue weighted by Crippen LogP contribution is -2.53. The summed E-state index contributed by atoms with van der Waals surface area (Å²) >= 11 is 0. The molecule has 9 heteroatoms. The molecule has 1 saturated heterocycles. The van der Waals surface area contributed by atoms with E-state index in [1.807, 2.05) is 42.2 Å². The van der Waals surface area contributed by atoms with Crippen molar-refractivity contribution in [2.75, 3.05) is 53.5 Å². The van der Waals surface area contributed by atoms with Gasteiger partial charge in [-0.05, 0) is 37.6 Å². The van der Waals surface area contributed by atoms with Crippen LogP contribution in [0.15, 0.2) is 59.8 Å². The van der Waals surface area contributed by atoms with Gasteiger partial charge < -0.3 is 19.7 Å². The number of aryl methyl sites for hydroxylation is 1. The Balaban J connectivity index is 1.55. The second kappa shape index (κ2) is 11.5. The highest BCUT2D eigenvalue weighted by molar-refractivity contribution is 5.95. The summed E-state index contributed by atoms with van der Waals surface area (Å²) in [7, 11) is 3.24. The van der Waals surface area contributed by atoms with E-state index in [0.29, 0.717) is 55.3 Å². The van der Waals surface area contributed by atoms with E-state index >= 15 is 0 Å². The van der Waals surface area contributed by atoms with E-state index in [9.17, 15) is 14.4 Å². The number of rotatable bonds is 7. The van der Waals surface area contributed by atoms with Crippen molar-refractivity contribution in [1.82, 2.24) is 20.0 Å². The van der Waals surface area contributed by atoms with Gasteiger partial charge >= 0.3 is 12.0 Å². The van der Waals surface area contributed by atoms with Crippen LogP contribution in [0.3, 0.4) is 0 Å². The zero-order chi connectivity index (χ0) is 26.5. The van der Waals surface area contributed by atoms with Crippen LogP contribution in [0.5, 0.6) is 5.75 Å². The van der Waals surface area contributed by atoms with Crippen LogP contribution in [-0.2, 0) is 9.53 Å². The fraction of sp³-hybridized carbons (Fsp3) is 0.393. The van der Waals surface area contributed by atoms with Gasteiger partial charge in [0.2, 0.25) is 0 Å². The van der Waals surface area contributed by atoms with E-state index < -0.39 is 12.0 Å². The minimum absolute atomic E-state index is 0.0429. The molecule has 0 aromatic heterocycles. The van der Waals surface area contributed by atoms with Gasteiger partial charge in [0.1, 0.15) is 5.75 Å². The lowest BCUT2D eigenvalue weighted by Gasteiger charge is -2.39. The van der Waals surface area contributed by atoms with Crippen LogP contribution < -0.4 is 10.1 Å². The van der Waals surface area contributed by atoms with Gasteiger partial charge in [0.05, 0.1) is 25.3 Å². The number of nitrogens with zero attached hydrogens (tertiary/aromatic N) is 3. The van der Waals surface area contributed by atoms with Crippen molar-refractivity contribution in [3.05, 3.63) is 76.5 Å². The Morgan fingerprint density at radius 3 is 2.46 bits per heavy atom. The van der Waals surface area contributed by atoms with Crippen LogP contribution in [0.4, 0.5) is 4.79 Å². The Labute approximate surface area is 217 Å². The lowest BCUT2D eigenvalue weighted by molar-refractivity contribution is -0.139. The molecule has 0 aliphatic carbocycles. The molecule has 2 aliphatic rings. The van der Waals surface area contributed by atoms with Gasteiger partial charge in [0.25, 0.3) is 5.91 Å². The van der Waals surface area contributed by atoms with Gasteiger partial charge in [-0.2, -0.15) is 0 Å². The predicted molar refractivity (Wildman–Crippen MR) is 139 cm³/mol. The maximum Gasteiger partial charge on any atom is 0.338 e. The Morgan fingerprint density at radius 2 is 1.78 bits per heavy atom. The van der Waals surface area contributed by atoms with Gasteiger partial charge in [-0.1, -0.05) is 35.9 Å². The smallest absolute Gasteiger partial charge is 0.338 e. The zero-order valence-corrected chi connectivity index (χ0v) is 21.8. The van der Waals surface area contributed by atoms with Crippen LogP contribution in [0.1, 0.15) is 34.5 Å². The molecule has 3 amide bonds. The van der Waals surface area contributed by atoms with Crippen molar-refractivity contribution in [2.24, 2.45) is 0 Å². The van der Waals surface area contributed by atoms with Crippen molar-refractivity contribution in [3.8, 4) is 5.75 Å². The van der Waals surface area contributed by atoms with Gasteiger partial charge in [-0.25, -0.2) is 9.59 Å². The summed E-state index contributed by atoms with van der Waals surface area (Å²) in [5.41, 5.74) is 3.50. The SMILES string of the molecule is CCOC(=O)C1=C(CN2CCN(C(=O)c3cccc(OC)c3)CC2)N(C)C(=O)N[C@@H]1c1cccc(C)c1. The highest BCUT2D eigenvalue weighted by Crippen LogP contribution is 2.32. The van der Waals surface area contributed by atoms with E-state index in [1.165, 1.54) is 4.90 Å². The van der Waals surface area contributed by atoms with Crippen molar-refractivity contribution < 1.29 is 23.9 Å². The van der Waals surface area contributed by atoms with Gasteiger partial charge in [0, 0.05) is 51.0 Å². The number of amides is 3. The third kappa shape index (κ3) is 5.77. The van der Waals surface area contributed by atoms with Gasteiger partial charge in [0.15, 0.2) is 0 Å². The second-order valence-corrected chi connectivity index (χ2v) is 9.24. The maximum absolute atomic E-state index is 13.2.